The standard InChI is InChI=1S/C13H14BrClFNO/c14-8-9-3-5-17(6-4-9)13(18)11-2-1-10(16)7-12(11)15/h1-2,7,9H,3-6,8H2. The highest BCUT2D eigenvalue weighted by molar-refractivity contribution is 9.09. The van der Waals surface area contributed by atoms with E-state index in [1.54, 1.807) is 4.90 Å². The van der Waals surface area contributed by atoms with Crippen molar-refractivity contribution in [3.8, 4) is 0 Å². The molecule has 5 heteroatoms. The maximum Gasteiger partial charge on any atom is 0.255 e. The Morgan fingerprint density at radius 1 is 1.44 bits per heavy atom. The van der Waals surface area contributed by atoms with E-state index in [-0.39, 0.29) is 10.9 Å². The van der Waals surface area contributed by atoms with Crippen molar-refractivity contribution in [2.24, 2.45) is 5.92 Å². The Kier molecular flexibility index (Phi) is 4.62. The first-order valence-corrected chi connectivity index (χ1v) is 7.42. The van der Waals surface area contributed by atoms with E-state index in [9.17, 15) is 9.18 Å². The van der Waals surface area contributed by atoms with Gasteiger partial charge in [0, 0.05) is 18.4 Å². The molecule has 2 nitrogen and oxygen atoms in total. The first-order chi connectivity index (χ1) is 8.61. The molecular weight excluding hydrogens is 321 g/mol. The molecule has 1 aliphatic heterocycles. The Morgan fingerprint density at radius 2 is 2.11 bits per heavy atom. The molecule has 0 atom stereocenters. The van der Waals surface area contributed by atoms with Gasteiger partial charge in [-0.1, -0.05) is 27.5 Å². The Morgan fingerprint density at radius 3 is 2.67 bits per heavy atom. The van der Waals surface area contributed by atoms with Gasteiger partial charge in [0.1, 0.15) is 5.82 Å². The van der Waals surface area contributed by atoms with Crippen molar-refractivity contribution < 1.29 is 9.18 Å². The molecule has 1 aromatic rings. The lowest BCUT2D eigenvalue weighted by molar-refractivity contribution is 0.0699. The molecule has 18 heavy (non-hydrogen) atoms. The van der Waals surface area contributed by atoms with E-state index in [0.29, 0.717) is 11.5 Å². The number of halogens is 3. The normalized spacial score (nSPS) is 16.9. The van der Waals surface area contributed by atoms with Crippen molar-refractivity contribution in [2.75, 3.05) is 18.4 Å². The zero-order valence-corrected chi connectivity index (χ0v) is 12.2. The number of carbonyl (C=O) groups is 1. The minimum Gasteiger partial charge on any atom is -0.339 e. The number of rotatable bonds is 2. The van der Waals surface area contributed by atoms with Crippen molar-refractivity contribution in [3.63, 3.8) is 0 Å². The first kappa shape index (κ1) is 13.8. The molecular formula is C13H14BrClFNO. The molecule has 0 radical (unpaired) electrons. The number of alkyl halides is 1. The van der Waals surface area contributed by atoms with Gasteiger partial charge in [0.05, 0.1) is 10.6 Å². The summed E-state index contributed by atoms with van der Waals surface area (Å²) in [7, 11) is 0. The predicted octanol–water partition coefficient (Wildman–Crippen LogP) is 3.73. The summed E-state index contributed by atoms with van der Waals surface area (Å²) in [6, 6.07) is 3.90. The summed E-state index contributed by atoms with van der Waals surface area (Å²) in [4.78, 5) is 14.0. The fourth-order valence-electron chi connectivity index (χ4n) is 2.12. The lowest BCUT2D eigenvalue weighted by atomic mass is 9.98. The van der Waals surface area contributed by atoms with Crippen LogP contribution in [0.15, 0.2) is 18.2 Å². The van der Waals surface area contributed by atoms with Crippen LogP contribution in [0.5, 0.6) is 0 Å². The number of benzene rings is 1. The van der Waals surface area contributed by atoms with E-state index in [1.165, 1.54) is 18.2 Å². The lowest BCUT2D eigenvalue weighted by Gasteiger charge is -2.31. The molecule has 1 aromatic carbocycles. The minimum absolute atomic E-state index is 0.104. The number of likely N-dealkylation sites (tertiary alicyclic amines) is 1. The summed E-state index contributed by atoms with van der Waals surface area (Å²) in [5.41, 5.74) is 0.385. The summed E-state index contributed by atoms with van der Waals surface area (Å²) in [6.07, 6.45) is 1.99. The third kappa shape index (κ3) is 3.04. The molecule has 0 N–H and O–H groups in total. The van der Waals surface area contributed by atoms with Crippen molar-refractivity contribution in [1.82, 2.24) is 4.90 Å². The van der Waals surface area contributed by atoms with Gasteiger partial charge < -0.3 is 4.90 Å². The number of amides is 1. The summed E-state index contributed by atoms with van der Waals surface area (Å²) in [6.45, 7) is 1.48. The SMILES string of the molecule is O=C(c1ccc(F)cc1Cl)N1CCC(CBr)CC1. The second kappa shape index (κ2) is 6.02. The second-order valence-electron chi connectivity index (χ2n) is 4.51. The van der Waals surface area contributed by atoms with Crippen LogP contribution in [0.2, 0.25) is 5.02 Å². The number of nitrogens with zero attached hydrogens (tertiary/aromatic N) is 1. The predicted molar refractivity (Wildman–Crippen MR) is 73.8 cm³/mol. The van der Waals surface area contributed by atoms with Crippen molar-refractivity contribution >= 4 is 33.4 Å². The molecule has 2 rings (SSSR count). The van der Waals surface area contributed by atoms with E-state index in [4.69, 9.17) is 11.6 Å². The maximum absolute atomic E-state index is 12.9. The van der Waals surface area contributed by atoms with Crippen LogP contribution in [0.25, 0.3) is 0 Å². The van der Waals surface area contributed by atoms with Crippen LogP contribution in [0, 0.1) is 11.7 Å². The number of hydrogen-bond acceptors (Lipinski definition) is 1. The quantitative estimate of drug-likeness (QED) is 0.755. The third-order valence-corrected chi connectivity index (χ3v) is 4.51. The van der Waals surface area contributed by atoms with Crippen LogP contribution in [-0.4, -0.2) is 29.2 Å². The molecule has 1 fully saturated rings. The number of piperidine rings is 1. The molecule has 1 aliphatic rings. The van der Waals surface area contributed by atoms with Gasteiger partial charge in [-0.25, -0.2) is 4.39 Å². The van der Waals surface area contributed by atoms with Gasteiger partial charge in [-0.05, 0) is 37.0 Å². The third-order valence-electron chi connectivity index (χ3n) is 3.28. The van der Waals surface area contributed by atoms with Crippen LogP contribution in [0.4, 0.5) is 4.39 Å². The highest BCUT2D eigenvalue weighted by Gasteiger charge is 2.24. The minimum atomic E-state index is -0.422. The smallest absolute Gasteiger partial charge is 0.255 e. The van der Waals surface area contributed by atoms with Crippen molar-refractivity contribution in [3.05, 3.63) is 34.6 Å². The molecule has 0 saturated carbocycles. The van der Waals surface area contributed by atoms with Crippen LogP contribution in [-0.2, 0) is 0 Å². The Balaban J connectivity index is 2.08. The molecule has 98 valence electrons. The van der Waals surface area contributed by atoms with E-state index in [2.05, 4.69) is 15.9 Å². The molecule has 1 amide bonds. The van der Waals surface area contributed by atoms with Gasteiger partial charge in [0.2, 0.25) is 0 Å². The van der Waals surface area contributed by atoms with Crippen LogP contribution >= 0.6 is 27.5 Å². The summed E-state index contributed by atoms with van der Waals surface area (Å²) >= 11 is 9.37. The van der Waals surface area contributed by atoms with Crippen LogP contribution < -0.4 is 0 Å². The lowest BCUT2D eigenvalue weighted by Crippen LogP contribution is -2.38. The van der Waals surface area contributed by atoms with Crippen LogP contribution in [0.3, 0.4) is 0 Å². The topological polar surface area (TPSA) is 20.3 Å². The zero-order valence-electron chi connectivity index (χ0n) is 9.83. The monoisotopic (exact) mass is 333 g/mol. The Bertz CT molecular complexity index is 447. The van der Waals surface area contributed by atoms with Crippen molar-refractivity contribution in [2.45, 2.75) is 12.8 Å². The van der Waals surface area contributed by atoms with E-state index in [1.807, 2.05) is 0 Å². The summed E-state index contributed by atoms with van der Waals surface area (Å²) < 4.78 is 12.9. The van der Waals surface area contributed by atoms with Crippen molar-refractivity contribution in [1.29, 1.82) is 0 Å². The molecule has 1 saturated heterocycles. The van der Waals surface area contributed by atoms with Gasteiger partial charge in [0.15, 0.2) is 0 Å². The molecule has 0 aromatic heterocycles. The Hall–Kier alpha value is -0.610. The van der Waals surface area contributed by atoms with Gasteiger partial charge in [-0.2, -0.15) is 0 Å². The summed E-state index contributed by atoms with van der Waals surface area (Å²) in [5, 5.41) is 1.16. The van der Waals surface area contributed by atoms with Gasteiger partial charge in [-0.3, -0.25) is 4.79 Å². The summed E-state index contributed by atoms with van der Waals surface area (Å²) in [5.74, 6) is 0.111. The van der Waals surface area contributed by atoms with Gasteiger partial charge in [0.25, 0.3) is 5.91 Å². The van der Waals surface area contributed by atoms with E-state index in [0.717, 1.165) is 31.3 Å². The van der Waals surface area contributed by atoms with E-state index >= 15 is 0 Å². The largest absolute Gasteiger partial charge is 0.339 e. The Labute approximate surface area is 119 Å². The molecule has 1 heterocycles. The average molecular weight is 335 g/mol. The number of hydrogen-bond donors (Lipinski definition) is 0. The van der Waals surface area contributed by atoms with Gasteiger partial charge in [-0.15, -0.1) is 0 Å². The average Bonchev–Trinajstić information content (AvgIpc) is 2.38. The molecule has 0 bridgehead atoms. The fourth-order valence-corrected chi connectivity index (χ4v) is 3.02. The van der Waals surface area contributed by atoms with Gasteiger partial charge >= 0.3 is 0 Å². The fraction of sp³-hybridized carbons (Fsp3) is 0.462. The zero-order chi connectivity index (χ0) is 13.1. The maximum atomic E-state index is 12.9. The number of carbonyl (C=O) groups excluding carboxylic acids is 1. The van der Waals surface area contributed by atoms with E-state index < -0.39 is 5.82 Å². The highest BCUT2D eigenvalue weighted by atomic mass is 79.9. The molecule has 0 spiro atoms. The first-order valence-electron chi connectivity index (χ1n) is 5.92. The molecule has 0 aliphatic carbocycles. The highest BCUT2D eigenvalue weighted by Crippen LogP contribution is 2.23. The second-order valence-corrected chi connectivity index (χ2v) is 5.57. The molecule has 0 unspecified atom stereocenters. The van der Waals surface area contributed by atoms with Crippen LogP contribution in [0.1, 0.15) is 23.2 Å².